The zero-order chi connectivity index (χ0) is 15.5. The molecule has 0 aliphatic heterocycles. The van der Waals surface area contributed by atoms with Crippen molar-refractivity contribution in [2.45, 2.75) is 0 Å². The molecule has 112 valence electrons. The Morgan fingerprint density at radius 1 is 0.783 bits per heavy atom. The predicted molar refractivity (Wildman–Crippen MR) is 81.6 cm³/mol. The van der Waals surface area contributed by atoms with E-state index in [4.69, 9.17) is 0 Å². The topological polar surface area (TPSA) is 99.2 Å². The average Bonchev–Trinajstić information content (AvgIpc) is 3.29. The van der Waals surface area contributed by atoms with Crippen LogP contribution in [-0.4, -0.2) is 39.5 Å². The van der Waals surface area contributed by atoms with E-state index in [2.05, 4.69) is 35.5 Å². The van der Waals surface area contributed by atoms with Gasteiger partial charge in [-0.1, -0.05) is 0 Å². The molecule has 0 saturated heterocycles. The second kappa shape index (κ2) is 5.64. The van der Waals surface area contributed by atoms with Gasteiger partial charge in [-0.3, -0.25) is 0 Å². The Bertz CT molecular complexity index is 833. The Balaban J connectivity index is 1.79. The first kappa shape index (κ1) is 13.1. The maximum Gasteiger partial charge on any atom is 0.254 e. The molecule has 0 saturated carbocycles. The lowest BCUT2D eigenvalue weighted by Gasteiger charge is -2.09. The summed E-state index contributed by atoms with van der Waals surface area (Å²) in [6.45, 7) is 0. The average molecular weight is 305 g/mol. The van der Waals surface area contributed by atoms with Crippen LogP contribution in [0, 0.1) is 0 Å². The summed E-state index contributed by atoms with van der Waals surface area (Å²) < 4.78 is 3.22. The number of nitrogens with one attached hydrogen (secondary N) is 1. The van der Waals surface area contributed by atoms with Gasteiger partial charge < -0.3 is 5.32 Å². The standard InChI is InChI=1S/C14H11N9/c1-4-15-13(16-5-1)19-11-10-12(22-8-2-6-17-22)21-14(20-11)23-9-3-7-18-23/h1-10H,(H,15,16,19,20,21). The summed E-state index contributed by atoms with van der Waals surface area (Å²) in [7, 11) is 0. The zero-order valence-electron chi connectivity index (χ0n) is 11.9. The van der Waals surface area contributed by atoms with Crippen LogP contribution in [0.1, 0.15) is 0 Å². The van der Waals surface area contributed by atoms with E-state index in [1.807, 2.05) is 6.07 Å². The quantitative estimate of drug-likeness (QED) is 0.608. The maximum atomic E-state index is 4.47. The summed E-state index contributed by atoms with van der Waals surface area (Å²) in [5, 5.41) is 11.4. The highest BCUT2D eigenvalue weighted by Gasteiger charge is 2.09. The molecule has 0 bridgehead atoms. The van der Waals surface area contributed by atoms with Crippen LogP contribution < -0.4 is 5.32 Å². The lowest BCUT2D eigenvalue weighted by molar-refractivity contribution is 0.776. The van der Waals surface area contributed by atoms with Crippen molar-refractivity contribution in [3.63, 3.8) is 0 Å². The van der Waals surface area contributed by atoms with Gasteiger partial charge in [0.2, 0.25) is 5.95 Å². The van der Waals surface area contributed by atoms with E-state index in [0.717, 1.165) is 0 Å². The highest BCUT2D eigenvalue weighted by atomic mass is 15.4. The van der Waals surface area contributed by atoms with Crippen LogP contribution in [0.2, 0.25) is 0 Å². The monoisotopic (exact) mass is 305 g/mol. The molecule has 1 N–H and O–H groups in total. The third-order valence-corrected chi connectivity index (χ3v) is 2.95. The minimum absolute atomic E-state index is 0.418. The molecule has 0 aliphatic rings. The Morgan fingerprint density at radius 3 is 2.22 bits per heavy atom. The first-order valence-corrected chi connectivity index (χ1v) is 6.82. The number of nitrogens with zero attached hydrogens (tertiary/aromatic N) is 8. The zero-order valence-corrected chi connectivity index (χ0v) is 11.9. The largest absolute Gasteiger partial charge is 0.309 e. The molecule has 4 aromatic heterocycles. The minimum atomic E-state index is 0.418. The van der Waals surface area contributed by atoms with Crippen LogP contribution in [-0.2, 0) is 0 Å². The lowest BCUT2D eigenvalue weighted by Crippen LogP contribution is -2.09. The molecule has 4 heterocycles. The summed E-state index contributed by atoms with van der Waals surface area (Å²) in [6, 6.07) is 7.13. The second-order valence-electron chi connectivity index (χ2n) is 4.51. The second-order valence-corrected chi connectivity index (χ2v) is 4.51. The number of hydrogen-bond acceptors (Lipinski definition) is 7. The van der Waals surface area contributed by atoms with Gasteiger partial charge in [0, 0.05) is 43.2 Å². The Morgan fingerprint density at radius 2 is 1.52 bits per heavy atom. The van der Waals surface area contributed by atoms with Crippen molar-refractivity contribution in [2.24, 2.45) is 0 Å². The summed E-state index contributed by atoms with van der Waals surface area (Å²) in [6.07, 6.45) is 10.2. The van der Waals surface area contributed by atoms with Gasteiger partial charge in [-0.15, -0.1) is 0 Å². The molecule has 0 amide bonds. The molecule has 9 nitrogen and oxygen atoms in total. The maximum absolute atomic E-state index is 4.47. The highest BCUT2D eigenvalue weighted by molar-refractivity contribution is 5.51. The normalized spacial score (nSPS) is 10.6. The van der Waals surface area contributed by atoms with E-state index in [1.165, 1.54) is 0 Å². The van der Waals surface area contributed by atoms with Crippen molar-refractivity contribution in [1.29, 1.82) is 0 Å². The predicted octanol–water partition coefficient (Wildman–Crippen LogP) is 1.38. The number of hydrogen-bond donors (Lipinski definition) is 1. The summed E-state index contributed by atoms with van der Waals surface area (Å²) in [5.74, 6) is 2.02. The molecule has 0 atom stereocenters. The molecule has 0 radical (unpaired) electrons. The van der Waals surface area contributed by atoms with Crippen molar-refractivity contribution in [3.05, 3.63) is 61.4 Å². The van der Waals surface area contributed by atoms with Crippen LogP contribution in [0.4, 0.5) is 11.8 Å². The van der Waals surface area contributed by atoms with Crippen molar-refractivity contribution >= 4 is 11.8 Å². The van der Waals surface area contributed by atoms with E-state index in [0.29, 0.717) is 23.5 Å². The van der Waals surface area contributed by atoms with E-state index in [-0.39, 0.29) is 0 Å². The molecular weight excluding hydrogens is 294 g/mol. The molecule has 0 aliphatic carbocycles. The number of aromatic nitrogens is 8. The summed E-state index contributed by atoms with van der Waals surface area (Å²) >= 11 is 0. The molecule has 9 heteroatoms. The number of anilines is 2. The molecule has 0 aromatic carbocycles. The molecule has 0 fully saturated rings. The SMILES string of the molecule is c1cnc(Nc2cc(-n3cccn3)nc(-n3cccn3)n2)nc1. The first-order chi connectivity index (χ1) is 11.4. The van der Waals surface area contributed by atoms with Gasteiger partial charge in [0.15, 0.2) is 5.82 Å². The summed E-state index contributed by atoms with van der Waals surface area (Å²) in [4.78, 5) is 17.2. The van der Waals surface area contributed by atoms with E-state index in [1.54, 1.807) is 64.7 Å². The highest BCUT2D eigenvalue weighted by Crippen LogP contribution is 2.15. The van der Waals surface area contributed by atoms with Crippen LogP contribution in [0.3, 0.4) is 0 Å². The van der Waals surface area contributed by atoms with Crippen LogP contribution in [0.25, 0.3) is 11.8 Å². The number of rotatable bonds is 4. The van der Waals surface area contributed by atoms with E-state index < -0.39 is 0 Å². The van der Waals surface area contributed by atoms with Crippen molar-refractivity contribution < 1.29 is 0 Å². The van der Waals surface area contributed by atoms with Gasteiger partial charge in [-0.05, 0) is 18.2 Å². The van der Waals surface area contributed by atoms with Gasteiger partial charge in [-0.25, -0.2) is 19.3 Å². The lowest BCUT2D eigenvalue weighted by atomic mass is 10.5. The molecule has 0 unspecified atom stereocenters. The minimum Gasteiger partial charge on any atom is -0.309 e. The third kappa shape index (κ3) is 2.75. The van der Waals surface area contributed by atoms with Gasteiger partial charge in [0.05, 0.1) is 0 Å². The molecule has 4 rings (SSSR count). The van der Waals surface area contributed by atoms with E-state index >= 15 is 0 Å². The molecule has 4 aromatic rings. The van der Waals surface area contributed by atoms with Gasteiger partial charge in [0.1, 0.15) is 5.82 Å². The van der Waals surface area contributed by atoms with Gasteiger partial charge >= 0.3 is 0 Å². The summed E-state index contributed by atoms with van der Waals surface area (Å²) in [5.41, 5.74) is 0. The van der Waals surface area contributed by atoms with Crippen molar-refractivity contribution in [3.8, 4) is 11.8 Å². The van der Waals surface area contributed by atoms with Crippen molar-refractivity contribution in [2.75, 3.05) is 5.32 Å². The van der Waals surface area contributed by atoms with Crippen LogP contribution in [0.5, 0.6) is 0 Å². The van der Waals surface area contributed by atoms with Crippen LogP contribution >= 0.6 is 0 Å². The fraction of sp³-hybridized carbons (Fsp3) is 0. The fourth-order valence-electron chi connectivity index (χ4n) is 1.98. The molecular formula is C14H11N9. The van der Waals surface area contributed by atoms with Gasteiger partial charge in [0.25, 0.3) is 5.95 Å². The third-order valence-electron chi connectivity index (χ3n) is 2.95. The Labute approximate surface area is 130 Å². The fourth-order valence-corrected chi connectivity index (χ4v) is 1.98. The van der Waals surface area contributed by atoms with Crippen LogP contribution in [0.15, 0.2) is 61.4 Å². The molecule has 0 spiro atoms. The van der Waals surface area contributed by atoms with E-state index in [9.17, 15) is 0 Å². The molecule has 23 heavy (non-hydrogen) atoms. The Kier molecular flexibility index (Phi) is 3.20. The van der Waals surface area contributed by atoms with Crippen molar-refractivity contribution in [1.82, 2.24) is 39.5 Å². The Hall–Kier alpha value is -3.62. The van der Waals surface area contributed by atoms with Gasteiger partial charge in [-0.2, -0.15) is 20.2 Å². The first-order valence-electron chi connectivity index (χ1n) is 6.82. The smallest absolute Gasteiger partial charge is 0.254 e.